The van der Waals surface area contributed by atoms with Crippen LogP contribution in [0.25, 0.3) is 0 Å². The standard InChI is InChI=1S/C10H17N/c1-5-6-10(9(2)3)7-8-11-4/h5,7-9H,1,6H2,2-4H3/b10-7+,11-8?. The lowest BCUT2D eigenvalue weighted by atomic mass is 10.00. The number of aliphatic imine (C=N–C) groups is 1. The zero-order valence-corrected chi connectivity index (χ0v) is 7.67. The molecule has 0 fully saturated rings. The normalized spacial score (nSPS) is 12.9. The summed E-state index contributed by atoms with van der Waals surface area (Å²) in [5, 5.41) is 0. The van der Waals surface area contributed by atoms with Crippen LogP contribution in [0.15, 0.2) is 29.3 Å². The van der Waals surface area contributed by atoms with Gasteiger partial charge in [-0.25, -0.2) is 0 Å². The Hall–Kier alpha value is -0.850. The van der Waals surface area contributed by atoms with Gasteiger partial charge in [-0.15, -0.1) is 6.58 Å². The Morgan fingerprint density at radius 3 is 2.55 bits per heavy atom. The van der Waals surface area contributed by atoms with Crippen LogP contribution >= 0.6 is 0 Å². The summed E-state index contributed by atoms with van der Waals surface area (Å²) in [7, 11) is 1.78. The number of allylic oxidation sites excluding steroid dienone is 3. The van der Waals surface area contributed by atoms with E-state index in [1.807, 2.05) is 12.3 Å². The van der Waals surface area contributed by atoms with Crippen LogP contribution in [0, 0.1) is 5.92 Å². The predicted octanol–water partition coefficient (Wildman–Crippen LogP) is 2.85. The van der Waals surface area contributed by atoms with Gasteiger partial charge in [0.05, 0.1) is 0 Å². The van der Waals surface area contributed by atoms with E-state index >= 15 is 0 Å². The number of hydrogen-bond donors (Lipinski definition) is 0. The van der Waals surface area contributed by atoms with Gasteiger partial charge in [0.25, 0.3) is 0 Å². The first-order valence-corrected chi connectivity index (χ1v) is 3.94. The molecule has 62 valence electrons. The first-order valence-electron chi connectivity index (χ1n) is 3.94. The lowest BCUT2D eigenvalue weighted by molar-refractivity contribution is 0.749. The van der Waals surface area contributed by atoms with Crippen LogP contribution in [0.4, 0.5) is 0 Å². The smallest absolute Gasteiger partial charge is 0.0277 e. The molecule has 11 heavy (non-hydrogen) atoms. The Morgan fingerprint density at radius 2 is 2.18 bits per heavy atom. The van der Waals surface area contributed by atoms with E-state index in [1.54, 1.807) is 7.05 Å². The molecule has 0 unspecified atom stereocenters. The van der Waals surface area contributed by atoms with Crippen LogP contribution < -0.4 is 0 Å². The lowest BCUT2D eigenvalue weighted by Crippen LogP contribution is -1.92. The molecule has 0 aliphatic carbocycles. The topological polar surface area (TPSA) is 12.4 Å². The average molecular weight is 151 g/mol. The van der Waals surface area contributed by atoms with E-state index in [9.17, 15) is 0 Å². The molecule has 1 heteroatoms. The van der Waals surface area contributed by atoms with Crippen molar-refractivity contribution in [2.24, 2.45) is 10.9 Å². The van der Waals surface area contributed by atoms with Crippen LogP contribution in [0.5, 0.6) is 0 Å². The molecule has 0 radical (unpaired) electrons. The van der Waals surface area contributed by atoms with Gasteiger partial charge in [-0.3, -0.25) is 4.99 Å². The summed E-state index contributed by atoms with van der Waals surface area (Å²) in [6.45, 7) is 8.06. The zero-order valence-electron chi connectivity index (χ0n) is 7.67. The molecule has 0 aliphatic heterocycles. The molecular weight excluding hydrogens is 134 g/mol. The Kier molecular flexibility index (Phi) is 5.44. The van der Waals surface area contributed by atoms with E-state index in [0.29, 0.717) is 5.92 Å². The van der Waals surface area contributed by atoms with Crippen LogP contribution in [0.3, 0.4) is 0 Å². The Bertz CT molecular complexity index is 164. The monoisotopic (exact) mass is 151 g/mol. The fraction of sp³-hybridized carbons (Fsp3) is 0.500. The largest absolute Gasteiger partial charge is 0.297 e. The third-order valence-electron chi connectivity index (χ3n) is 1.56. The molecule has 0 amide bonds. The van der Waals surface area contributed by atoms with E-state index in [4.69, 9.17) is 0 Å². The maximum atomic E-state index is 3.90. The zero-order chi connectivity index (χ0) is 8.69. The number of rotatable bonds is 4. The van der Waals surface area contributed by atoms with Crippen molar-refractivity contribution >= 4 is 6.21 Å². The van der Waals surface area contributed by atoms with Crippen LogP contribution in [-0.4, -0.2) is 13.3 Å². The first-order chi connectivity index (χ1) is 5.22. The van der Waals surface area contributed by atoms with E-state index in [2.05, 4.69) is 31.5 Å². The minimum Gasteiger partial charge on any atom is -0.297 e. The van der Waals surface area contributed by atoms with Gasteiger partial charge in [-0.05, 0) is 18.4 Å². The molecule has 0 aliphatic rings. The van der Waals surface area contributed by atoms with Crippen molar-refractivity contribution in [3.8, 4) is 0 Å². The highest BCUT2D eigenvalue weighted by Gasteiger charge is 1.98. The number of hydrogen-bond acceptors (Lipinski definition) is 1. The van der Waals surface area contributed by atoms with Crippen LogP contribution in [0.1, 0.15) is 20.3 Å². The predicted molar refractivity (Wildman–Crippen MR) is 52.2 cm³/mol. The highest BCUT2D eigenvalue weighted by atomic mass is 14.6. The van der Waals surface area contributed by atoms with Gasteiger partial charge in [-0.2, -0.15) is 0 Å². The molecule has 0 saturated heterocycles. The molecule has 0 aromatic carbocycles. The second-order valence-corrected chi connectivity index (χ2v) is 2.80. The van der Waals surface area contributed by atoms with Gasteiger partial charge < -0.3 is 0 Å². The van der Waals surface area contributed by atoms with Gasteiger partial charge in [0.1, 0.15) is 0 Å². The molecule has 0 aromatic heterocycles. The third kappa shape index (κ3) is 4.54. The summed E-state index contributed by atoms with van der Waals surface area (Å²) in [6, 6.07) is 0. The van der Waals surface area contributed by atoms with Crippen molar-refractivity contribution in [2.45, 2.75) is 20.3 Å². The molecule has 1 nitrogen and oxygen atoms in total. The van der Waals surface area contributed by atoms with Gasteiger partial charge in [0.15, 0.2) is 0 Å². The van der Waals surface area contributed by atoms with Gasteiger partial charge in [0.2, 0.25) is 0 Å². The minimum absolute atomic E-state index is 0.589. The fourth-order valence-electron chi connectivity index (χ4n) is 0.833. The number of nitrogens with zero attached hydrogens (tertiary/aromatic N) is 1. The summed E-state index contributed by atoms with van der Waals surface area (Å²) >= 11 is 0. The Balaban J connectivity index is 4.18. The maximum Gasteiger partial charge on any atom is 0.0277 e. The van der Waals surface area contributed by atoms with Crippen LogP contribution in [0.2, 0.25) is 0 Å². The molecule has 0 spiro atoms. The second kappa shape index (κ2) is 5.90. The first kappa shape index (κ1) is 10.2. The lowest BCUT2D eigenvalue weighted by Gasteiger charge is -2.06. The maximum absolute atomic E-state index is 3.90. The summed E-state index contributed by atoms with van der Waals surface area (Å²) in [5.41, 5.74) is 1.38. The van der Waals surface area contributed by atoms with E-state index in [-0.39, 0.29) is 0 Å². The van der Waals surface area contributed by atoms with Crippen molar-refractivity contribution in [2.75, 3.05) is 7.05 Å². The van der Waals surface area contributed by atoms with Crippen molar-refractivity contribution in [1.29, 1.82) is 0 Å². The Morgan fingerprint density at radius 1 is 1.55 bits per heavy atom. The molecule has 0 rings (SSSR count). The molecule has 0 heterocycles. The van der Waals surface area contributed by atoms with Crippen molar-refractivity contribution in [3.63, 3.8) is 0 Å². The van der Waals surface area contributed by atoms with Gasteiger partial charge >= 0.3 is 0 Å². The van der Waals surface area contributed by atoms with Gasteiger partial charge in [0, 0.05) is 13.3 Å². The molecule has 0 atom stereocenters. The molecule has 0 aromatic rings. The fourth-order valence-corrected chi connectivity index (χ4v) is 0.833. The minimum atomic E-state index is 0.589. The van der Waals surface area contributed by atoms with Crippen molar-refractivity contribution < 1.29 is 0 Å². The Labute approximate surface area is 69.5 Å². The SMILES string of the molecule is C=CC/C(=C\C=NC)C(C)C. The average Bonchev–Trinajstić information content (AvgIpc) is 1.97. The highest BCUT2D eigenvalue weighted by molar-refractivity contribution is 5.72. The van der Waals surface area contributed by atoms with E-state index in [0.717, 1.165) is 6.42 Å². The summed E-state index contributed by atoms with van der Waals surface area (Å²) < 4.78 is 0. The van der Waals surface area contributed by atoms with E-state index in [1.165, 1.54) is 5.57 Å². The van der Waals surface area contributed by atoms with Gasteiger partial charge in [-0.1, -0.05) is 25.5 Å². The molecule has 0 bridgehead atoms. The summed E-state index contributed by atoms with van der Waals surface area (Å²) in [6.07, 6.45) is 6.78. The van der Waals surface area contributed by atoms with Crippen molar-refractivity contribution in [3.05, 3.63) is 24.3 Å². The molecule has 0 saturated carbocycles. The van der Waals surface area contributed by atoms with E-state index < -0.39 is 0 Å². The van der Waals surface area contributed by atoms with Crippen LogP contribution in [-0.2, 0) is 0 Å². The highest BCUT2D eigenvalue weighted by Crippen LogP contribution is 2.12. The summed E-state index contributed by atoms with van der Waals surface area (Å²) in [4.78, 5) is 3.90. The third-order valence-corrected chi connectivity index (χ3v) is 1.56. The second-order valence-electron chi connectivity index (χ2n) is 2.80. The quantitative estimate of drug-likeness (QED) is 0.433. The molecular formula is C10H17N. The van der Waals surface area contributed by atoms with Crippen molar-refractivity contribution in [1.82, 2.24) is 0 Å². The molecule has 0 N–H and O–H groups in total. The summed E-state index contributed by atoms with van der Waals surface area (Å²) in [5.74, 6) is 0.589.